The van der Waals surface area contributed by atoms with Crippen molar-refractivity contribution in [2.75, 3.05) is 7.05 Å². The van der Waals surface area contributed by atoms with E-state index in [0.29, 0.717) is 12.1 Å². The Labute approximate surface area is 155 Å². The third-order valence-electron chi connectivity index (χ3n) is 4.21. The molecular weight excluding hydrogens is 342 g/mol. The summed E-state index contributed by atoms with van der Waals surface area (Å²) in [6, 6.07) is 17.5. The average Bonchev–Trinajstić information content (AvgIpc) is 3.22. The number of nitrogens with zero attached hydrogens (tertiary/aromatic N) is 3. The molecule has 0 bridgehead atoms. The van der Waals surface area contributed by atoms with Crippen molar-refractivity contribution >= 4 is 28.1 Å². The molecule has 0 atom stereocenters. The number of benzene rings is 1. The van der Waals surface area contributed by atoms with Crippen LogP contribution in [0.1, 0.15) is 15.9 Å². The van der Waals surface area contributed by atoms with Crippen LogP contribution in [0, 0.1) is 0 Å². The van der Waals surface area contributed by atoms with E-state index in [0.717, 1.165) is 27.0 Å². The van der Waals surface area contributed by atoms with Crippen molar-refractivity contribution in [3.8, 4) is 10.6 Å². The molecule has 0 aliphatic heterocycles. The minimum Gasteiger partial charge on any atom is -0.337 e. The molecule has 1 aromatic carbocycles. The first-order valence-corrected chi connectivity index (χ1v) is 9.18. The molecule has 0 unspecified atom stereocenters. The lowest BCUT2D eigenvalue weighted by Gasteiger charge is -2.18. The predicted octanol–water partition coefficient (Wildman–Crippen LogP) is 4.63. The van der Waals surface area contributed by atoms with Gasteiger partial charge in [0.05, 0.1) is 21.7 Å². The van der Waals surface area contributed by atoms with Crippen LogP contribution < -0.4 is 0 Å². The normalized spacial score (nSPS) is 10.8. The first kappa shape index (κ1) is 16.4. The molecule has 0 saturated carbocycles. The van der Waals surface area contributed by atoms with Gasteiger partial charge in [0.15, 0.2) is 0 Å². The molecule has 4 aromatic rings. The zero-order valence-electron chi connectivity index (χ0n) is 14.3. The van der Waals surface area contributed by atoms with Crippen LogP contribution >= 0.6 is 11.3 Å². The van der Waals surface area contributed by atoms with Crippen LogP contribution in [-0.2, 0) is 6.54 Å². The minimum atomic E-state index is -0.0229. The van der Waals surface area contributed by atoms with Gasteiger partial charge in [-0.1, -0.05) is 30.3 Å². The van der Waals surface area contributed by atoms with Crippen molar-refractivity contribution in [1.82, 2.24) is 14.9 Å². The van der Waals surface area contributed by atoms with Crippen LogP contribution in [0.5, 0.6) is 0 Å². The van der Waals surface area contributed by atoms with Crippen LogP contribution in [0.2, 0.25) is 0 Å². The molecule has 4 rings (SSSR count). The van der Waals surface area contributed by atoms with Crippen molar-refractivity contribution in [2.24, 2.45) is 0 Å². The first-order valence-electron chi connectivity index (χ1n) is 8.30. The number of fused-ring (bicyclic) bond motifs is 1. The summed E-state index contributed by atoms with van der Waals surface area (Å²) >= 11 is 1.62. The fourth-order valence-corrected chi connectivity index (χ4v) is 3.63. The van der Waals surface area contributed by atoms with Gasteiger partial charge in [0.2, 0.25) is 0 Å². The average molecular weight is 359 g/mol. The zero-order chi connectivity index (χ0) is 17.9. The Morgan fingerprint density at radius 2 is 2.00 bits per heavy atom. The number of thiophene rings is 1. The van der Waals surface area contributed by atoms with Gasteiger partial charge in [-0.05, 0) is 35.2 Å². The Hall–Kier alpha value is -3.05. The topological polar surface area (TPSA) is 46.1 Å². The summed E-state index contributed by atoms with van der Waals surface area (Å²) in [6.07, 6.45) is 3.51. The fraction of sp³-hybridized carbons (Fsp3) is 0.0952. The van der Waals surface area contributed by atoms with Crippen LogP contribution in [0.25, 0.3) is 21.5 Å². The highest BCUT2D eigenvalue weighted by Gasteiger charge is 2.18. The molecule has 5 heteroatoms. The second kappa shape index (κ2) is 7.06. The van der Waals surface area contributed by atoms with Gasteiger partial charge >= 0.3 is 0 Å². The summed E-state index contributed by atoms with van der Waals surface area (Å²) in [5.74, 6) is -0.0229. The van der Waals surface area contributed by atoms with E-state index in [4.69, 9.17) is 4.98 Å². The number of hydrogen-bond acceptors (Lipinski definition) is 4. The molecule has 0 radical (unpaired) electrons. The van der Waals surface area contributed by atoms with Gasteiger partial charge in [0.25, 0.3) is 5.91 Å². The Balaban J connectivity index is 1.75. The minimum absolute atomic E-state index is 0.0229. The van der Waals surface area contributed by atoms with Crippen LogP contribution in [-0.4, -0.2) is 27.8 Å². The molecular formula is C21H17N3OS. The largest absolute Gasteiger partial charge is 0.337 e. The summed E-state index contributed by atoms with van der Waals surface area (Å²) < 4.78 is 0. The Morgan fingerprint density at radius 1 is 1.12 bits per heavy atom. The van der Waals surface area contributed by atoms with Crippen LogP contribution in [0.15, 0.2) is 72.4 Å². The van der Waals surface area contributed by atoms with Gasteiger partial charge in [0, 0.05) is 31.4 Å². The van der Waals surface area contributed by atoms with E-state index >= 15 is 0 Å². The fourth-order valence-electron chi connectivity index (χ4n) is 2.95. The molecule has 128 valence electrons. The Kier molecular flexibility index (Phi) is 4.46. The van der Waals surface area contributed by atoms with Crippen molar-refractivity contribution in [2.45, 2.75) is 6.54 Å². The van der Waals surface area contributed by atoms with E-state index in [1.54, 1.807) is 28.6 Å². The number of aromatic nitrogens is 2. The maximum absolute atomic E-state index is 13.2. The second-order valence-electron chi connectivity index (χ2n) is 6.07. The molecule has 0 N–H and O–H groups in total. The molecule has 0 aliphatic carbocycles. The van der Waals surface area contributed by atoms with Gasteiger partial charge in [-0.3, -0.25) is 9.78 Å². The summed E-state index contributed by atoms with van der Waals surface area (Å²) in [4.78, 5) is 24.8. The van der Waals surface area contributed by atoms with Crippen molar-refractivity contribution in [1.29, 1.82) is 0 Å². The van der Waals surface area contributed by atoms with Crippen molar-refractivity contribution < 1.29 is 4.79 Å². The quantitative estimate of drug-likeness (QED) is 0.534. The highest BCUT2D eigenvalue weighted by molar-refractivity contribution is 7.13. The molecule has 4 nitrogen and oxygen atoms in total. The predicted molar refractivity (Wildman–Crippen MR) is 105 cm³/mol. The lowest BCUT2D eigenvalue weighted by molar-refractivity contribution is 0.0787. The summed E-state index contributed by atoms with van der Waals surface area (Å²) in [5, 5.41) is 2.89. The smallest absolute Gasteiger partial charge is 0.254 e. The zero-order valence-corrected chi connectivity index (χ0v) is 15.1. The van der Waals surface area contributed by atoms with Crippen molar-refractivity contribution in [3.05, 3.63) is 83.5 Å². The first-order chi connectivity index (χ1) is 12.7. The van der Waals surface area contributed by atoms with E-state index in [9.17, 15) is 4.79 Å². The molecule has 3 heterocycles. The Morgan fingerprint density at radius 3 is 2.77 bits per heavy atom. The van der Waals surface area contributed by atoms with E-state index < -0.39 is 0 Å². The maximum Gasteiger partial charge on any atom is 0.254 e. The standard InChI is InChI=1S/C21H17N3OS/c1-24(14-15-6-4-10-22-13-15)21(25)17-12-19(20-9-5-11-26-20)23-18-8-3-2-7-16(17)18/h2-13H,14H2,1H3. The third kappa shape index (κ3) is 3.21. The van der Waals surface area contributed by atoms with Gasteiger partial charge < -0.3 is 4.90 Å². The number of carbonyl (C=O) groups excluding carboxylic acids is 1. The van der Waals surface area contributed by atoms with Gasteiger partial charge in [0.1, 0.15) is 0 Å². The number of hydrogen-bond donors (Lipinski definition) is 0. The maximum atomic E-state index is 13.2. The van der Waals surface area contributed by atoms with E-state index in [2.05, 4.69) is 4.98 Å². The molecule has 1 amide bonds. The highest BCUT2D eigenvalue weighted by Crippen LogP contribution is 2.28. The third-order valence-corrected chi connectivity index (χ3v) is 5.10. The number of carbonyl (C=O) groups is 1. The molecule has 3 aromatic heterocycles. The van der Waals surface area contributed by atoms with Gasteiger partial charge in [-0.2, -0.15) is 0 Å². The number of amides is 1. The van der Waals surface area contributed by atoms with Gasteiger partial charge in [-0.15, -0.1) is 11.3 Å². The number of rotatable bonds is 4. The summed E-state index contributed by atoms with van der Waals surface area (Å²) in [6.45, 7) is 0.512. The van der Waals surface area contributed by atoms with E-state index in [1.165, 1.54) is 0 Å². The van der Waals surface area contributed by atoms with E-state index in [-0.39, 0.29) is 5.91 Å². The number of para-hydroxylation sites is 1. The monoisotopic (exact) mass is 359 g/mol. The van der Waals surface area contributed by atoms with Crippen LogP contribution in [0.4, 0.5) is 0 Å². The molecule has 0 aliphatic rings. The Bertz CT molecular complexity index is 1050. The number of pyridine rings is 2. The van der Waals surface area contributed by atoms with Gasteiger partial charge in [-0.25, -0.2) is 4.98 Å². The summed E-state index contributed by atoms with van der Waals surface area (Å²) in [5.41, 5.74) is 3.33. The molecule has 0 spiro atoms. The van der Waals surface area contributed by atoms with Crippen molar-refractivity contribution in [3.63, 3.8) is 0 Å². The lowest BCUT2D eigenvalue weighted by Crippen LogP contribution is -2.26. The second-order valence-corrected chi connectivity index (χ2v) is 7.02. The molecule has 0 fully saturated rings. The molecule has 26 heavy (non-hydrogen) atoms. The van der Waals surface area contributed by atoms with E-state index in [1.807, 2.05) is 67.0 Å². The highest BCUT2D eigenvalue weighted by atomic mass is 32.1. The van der Waals surface area contributed by atoms with Crippen LogP contribution in [0.3, 0.4) is 0 Å². The SMILES string of the molecule is CN(Cc1cccnc1)C(=O)c1cc(-c2cccs2)nc2ccccc12. The summed E-state index contributed by atoms with van der Waals surface area (Å²) in [7, 11) is 1.81. The lowest BCUT2D eigenvalue weighted by atomic mass is 10.1. The molecule has 0 saturated heterocycles.